The van der Waals surface area contributed by atoms with Crippen molar-refractivity contribution in [1.82, 2.24) is 0 Å². The van der Waals surface area contributed by atoms with Crippen LogP contribution in [0.2, 0.25) is 0 Å². The first-order chi connectivity index (χ1) is 7.27. The van der Waals surface area contributed by atoms with Crippen LogP contribution in [0, 0.1) is 0 Å². The summed E-state index contributed by atoms with van der Waals surface area (Å²) in [6.45, 7) is 2.23. The average molecular weight is 214 g/mol. The van der Waals surface area contributed by atoms with Gasteiger partial charge in [-0.15, -0.1) is 12.6 Å². The van der Waals surface area contributed by atoms with E-state index in [1.807, 2.05) is 18.2 Å². The second-order valence-corrected chi connectivity index (χ2v) is 4.24. The van der Waals surface area contributed by atoms with E-state index in [1.54, 1.807) is 0 Å². The van der Waals surface area contributed by atoms with E-state index in [4.69, 9.17) is 0 Å². The van der Waals surface area contributed by atoms with Gasteiger partial charge in [-0.25, -0.2) is 0 Å². The Morgan fingerprint density at radius 3 is 1.93 bits per heavy atom. The zero-order valence-corrected chi connectivity index (χ0v) is 9.62. The van der Waals surface area contributed by atoms with Gasteiger partial charge in [0.15, 0.2) is 0 Å². The van der Waals surface area contributed by atoms with E-state index in [1.165, 1.54) is 11.1 Å². The summed E-state index contributed by atoms with van der Waals surface area (Å²) in [5, 5.41) is 0. The van der Waals surface area contributed by atoms with Crippen molar-refractivity contribution < 1.29 is 0 Å². The molecule has 0 unspecified atom stereocenters. The van der Waals surface area contributed by atoms with Crippen molar-refractivity contribution in [2.45, 2.75) is 17.7 Å². The first kappa shape index (κ1) is 10.3. The van der Waals surface area contributed by atoms with Gasteiger partial charge in [-0.3, -0.25) is 0 Å². The third kappa shape index (κ3) is 2.42. The Hall–Kier alpha value is -1.21. The van der Waals surface area contributed by atoms with E-state index < -0.39 is 0 Å². The highest BCUT2D eigenvalue weighted by molar-refractivity contribution is 7.80. The minimum Gasteiger partial charge on any atom is -0.143 e. The van der Waals surface area contributed by atoms with Crippen LogP contribution in [0.15, 0.2) is 59.5 Å². The van der Waals surface area contributed by atoms with Gasteiger partial charge in [0.2, 0.25) is 0 Å². The molecule has 15 heavy (non-hydrogen) atoms. The Morgan fingerprint density at radius 2 is 1.33 bits per heavy atom. The van der Waals surface area contributed by atoms with Gasteiger partial charge in [0.1, 0.15) is 0 Å². The summed E-state index contributed by atoms with van der Waals surface area (Å²) in [6.07, 6.45) is 0. The molecule has 0 radical (unpaired) electrons. The molecule has 0 aromatic heterocycles. The SMILES string of the molecule is C[C@@H](c1ccccc1)c1ccc(S)cc1. The molecule has 2 rings (SSSR count). The summed E-state index contributed by atoms with van der Waals surface area (Å²) >= 11 is 4.29. The molecule has 0 aliphatic heterocycles. The Labute approximate surface area is 96.4 Å². The maximum Gasteiger partial charge on any atom is 0.00610 e. The van der Waals surface area contributed by atoms with Crippen LogP contribution in [0.5, 0.6) is 0 Å². The summed E-state index contributed by atoms with van der Waals surface area (Å²) in [4.78, 5) is 1.01. The highest BCUT2D eigenvalue weighted by Gasteiger charge is 2.06. The second kappa shape index (κ2) is 4.54. The van der Waals surface area contributed by atoms with E-state index in [0.29, 0.717) is 5.92 Å². The second-order valence-electron chi connectivity index (χ2n) is 3.72. The molecule has 0 saturated carbocycles. The minimum atomic E-state index is 0.445. The molecule has 0 saturated heterocycles. The van der Waals surface area contributed by atoms with Crippen molar-refractivity contribution in [1.29, 1.82) is 0 Å². The molecule has 0 fully saturated rings. The zero-order valence-electron chi connectivity index (χ0n) is 8.72. The molecule has 0 aliphatic carbocycles. The maximum atomic E-state index is 4.29. The standard InChI is InChI=1S/C14H14S/c1-11(12-5-3-2-4-6-12)13-7-9-14(15)10-8-13/h2-11,15H,1H3/t11-/m0/s1. The van der Waals surface area contributed by atoms with Gasteiger partial charge in [0.25, 0.3) is 0 Å². The van der Waals surface area contributed by atoms with Crippen molar-refractivity contribution in [3.05, 3.63) is 65.7 Å². The molecule has 0 bridgehead atoms. The van der Waals surface area contributed by atoms with Crippen LogP contribution in [0.4, 0.5) is 0 Å². The monoisotopic (exact) mass is 214 g/mol. The van der Waals surface area contributed by atoms with Gasteiger partial charge < -0.3 is 0 Å². The van der Waals surface area contributed by atoms with Crippen LogP contribution in [-0.2, 0) is 0 Å². The number of benzene rings is 2. The topological polar surface area (TPSA) is 0 Å². The van der Waals surface area contributed by atoms with Gasteiger partial charge in [-0.2, -0.15) is 0 Å². The molecule has 0 amide bonds. The van der Waals surface area contributed by atoms with E-state index in [0.717, 1.165) is 4.90 Å². The molecule has 0 nitrogen and oxygen atoms in total. The van der Waals surface area contributed by atoms with Crippen LogP contribution >= 0.6 is 12.6 Å². The van der Waals surface area contributed by atoms with Crippen molar-refractivity contribution in [3.63, 3.8) is 0 Å². The highest BCUT2D eigenvalue weighted by atomic mass is 32.1. The third-order valence-electron chi connectivity index (χ3n) is 2.69. The summed E-state index contributed by atoms with van der Waals surface area (Å²) in [5.41, 5.74) is 2.68. The lowest BCUT2D eigenvalue weighted by Gasteiger charge is -2.12. The summed E-state index contributed by atoms with van der Waals surface area (Å²) in [5.74, 6) is 0.445. The molecular formula is C14H14S. The number of thiol groups is 1. The Balaban J connectivity index is 2.29. The highest BCUT2D eigenvalue weighted by Crippen LogP contribution is 2.24. The lowest BCUT2D eigenvalue weighted by molar-refractivity contribution is 0.920. The number of hydrogen-bond acceptors (Lipinski definition) is 1. The van der Waals surface area contributed by atoms with Gasteiger partial charge in [-0.1, -0.05) is 49.4 Å². The van der Waals surface area contributed by atoms with Crippen molar-refractivity contribution >= 4 is 12.6 Å². The minimum absolute atomic E-state index is 0.445. The molecule has 76 valence electrons. The molecule has 0 aliphatic rings. The van der Waals surface area contributed by atoms with Gasteiger partial charge in [0, 0.05) is 10.8 Å². The largest absolute Gasteiger partial charge is 0.143 e. The van der Waals surface area contributed by atoms with Crippen LogP contribution in [0.1, 0.15) is 24.0 Å². The maximum absolute atomic E-state index is 4.29. The molecule has 0 heterocycles. The van der Waals surface area contributed by atoms with Crippen LogP contribution in [0.3, 0.4) is 0 Å². The molecule has 1 heteroatoms. The predicted molar refractivity (Wildman–Crippen MR) is 67.7 cm³/mol. The van der Waals surface area contributed by atoms with E-state index in [-0.39, 0.29) is 0 Å². The molecule has 2 aromatic rings. The zero-order chi connectivity index (χ0) is 10.7. The fraction of sp³-hybridized carbons (Fsp3) is 0.143. The lowest BCUT2D eigenvalue weighted by atomic mass is 9.93. The summed E-state index contributed by atoms with van der Waals surface area (Å²) in [6, 6.07) is 18.9. The quantitative estimate of drug-likeness (QED) is 0.714. The Bertz CT molecular complexity index is 417. The van der Waals surface area contributed by atoms with Crippen LogP contribution in [0.25, 0.3) is 0 Å². The molecule has 1 atom stereocenters. The fourth-order valence-corrected chi connectivity index (χ4v) is 1.85. The molecule has 0 N–H and O–H groups in total. The normalized spacial score (nSPS) is 12.4. The van der Waals surface area contributed by atoms with Crippen LogP contribution < -0.4 is 0 Å². The average Bonchev–Trinajstić information content (AvgIpc) is 2.30. The summed E-state index contributed by atoms with van der Waals surface area (Å²) < 4.78 is 0. The van der Waals surface area contributed by atoms with E-state index >= 15 is 0 Å². The van der Waals surface area contributed by atoms with Gasteiger partial charge in [0.05, 0.1) is 0 Å². The van der Waals surface area contributed by atoms with E-state index in [2.05, 4.69) is 56.0 Å². The number of rotatable bonds is 2. The Kier molecular flexibility index (Phi) is 3.12. The van der Waals surface area contributed by atoms with E-state index in [9.17, 15) is 0 Å². The Morgan fingerprint density at radius 1 is 0.800 bits per heavy atom. The van der Waals surface area contributed by atoms with Crippen molar-refractivity contribution in [2.24, 2.45) is 0 Å². The first-order valence-corrected chi connectivity index (χ1v) is 5.56. The van der Waals surface area contributed by atoms with Crippen molar-refractivity contribution in [3.8, 4) is 0 Å². The molecule has 2 aromatic carbocycles. The fourth-order valence-electron chi connectivity index (χ4n) is 1.70. The van der Waals surface area contributed by atoms with Crippen LogP contribution in [-0.4, -0.2) is 0 Å². The smallest absolute Gasteiger partial charge is 0.00610 e. The molecular weight excluding hydrogens is 200 g/mol. The van der Waals surface area contributed by atoms with Crippen molar-refractivity contribution in [2.75, 3.05) is 0 Å². The third-order valence-corrected chi connectivity index (χ3v) is 2.99. The summed E-state index contributed by atoms with van der Waals surface area (Å²) in [7, 11) is 0. The first-order valence-electron chi connectivity index (χ1n) is 5.11. The van der Waals surface area contributed by atoms with Gasteiger partial charge >= 0.3 is 0 Å². The predicted octanol–water partition coefficient (Wildman–Crippen LogP) is 4.13. The number of hydrogen-bond donors (Lipinski definition) is 1. The lowest BCUT2D eigenvalue weighted by Crippen LogP contribution is -1.94. The molecule has 0 spiro atoms. The van der Waals surface area contributed by atoms with Gasteiger partial charge in [-0.05, 0) is 23.3 Å².